The van der Waals surface area contributed by atoms with Crippen LogP contribution in [-0.2, 0) is 11.2 Å². The van der Waals surface area contributed by atoms with Crippen molar-refractivity contribution in [1.29, 1.82) is 0 Å². The van der Waals surface area contributed by atoms with E-state index < -0.39 is 5.91 Å². The number of aryl methyl sites for hydroxylation is 2. The lowest BCUT2D eigenvalue weighted by Crippen LogP contribution is -2.27. The maximum absolute atomic E-state index is 12.6. The number of amides is 2. The number of fused-ring (bicyclic) bond motifs is 1. The lowest BCUT2D eigenvalue weighted by Gasteiger charge is -2.13. The number of carbonyl (C=O) groups excluding carboxylic acids is 2. The second-order valence-corrected chi connectivity index (χ2v) is 7.18. The number of anilines is 1. The Balaban J connectivity index is 1.45. The summed E-state index contributed by atoms with van der Waals surface area (Å²) in [4.78, 5) is 24.8. The largest absolute Gasteiger partial charge is 0.484 e. The fraction of sp³-hybridized carbons (Fsp3) is 0.273. The summed E-state index contributed by atoms with van der Waals surface area (Å²) in [5.74, 6) is 1.60. The SMILES string of the molecule is Cc1cc(NC(=O)c2oc3c(c2C)/C(=N/NC(=O)COc2ccccc2)CCC3)no1. The highest BCUT2D eigenvalue weighted by molar-refractivity contribution is 6.09. The maximum Gasteiger partial charge on any atom is 0.292 e. The molecular weight excluding hydrogens is 400 g/mol. The number of rotatable bonds is 6. The molecule has 2 N–H and O–H groups in total. The zero-order chi connectivity index (χ0) is 21.8. The van der Waals surface area contributed by atoms with E-state index in [1.54, 1.807) is 32.0 Å². The number of furan rings is 1. The fourth-order valence-electron chi connectivity index (χ4n) is 3.42. The molecule has 2 heterocycles. The highest BCUT2D eigenvalue weighted by atomic mass is 16.5. The number of carbonyl (C=O) groups is 2. The van der Waals surface area contributed by atoms with Crippen molar-refractivity contribution < 1.29 is 23.3 Å². The number of aromatic nitrogens is 1. The Morgan fingerprint density at radius 3 is 2.74 bits per heavy atom. The normalized spacial score (nSPS) is 14.2. The molecule has 1 aliphatic carbocycles. The molecule has 3 aromatic rings. The zero-order valence-corrected chi connectivity index (χ0v) is 17.2. The van der Waals surface area contributed by atoms with Gasteiger partial charge in [0.25, 0.3) is 11.8 Å². The first kappa shape index (κ1) is 20.4. The van der Waals surface area contributed by atoms with Crippen LogP contribution in [0.3, 0.4) is 0 Å². The predicted octanol–water partition coefficient (Wildman–Crippen LogP) is 3.37. The van der Waals surface area contributed by atoms with Crippen LogP contribution in [0.25, 0.3) is 0 Å². The summed E-state index contributed by atoms with van der Waals surface area (Å²) in [6.07, 6.45) is 2.16. The number of ether oxygens (including phenoxy) is 1. The molecule has 0 bridgehead atoms. The Labute approximate surface area is 178 Å². The van der Waals surface area contributed by atoms with Gasteiger partial charge in [0.2, 0.25) is 0 Å². The summed E-state index contributed by atoms with van der Waals surface area (Å²) < 4.78 is 16.2. The van der Waals surface area contributed by atoms with Gasteiger partial charge < -0.3 is 19.0 Å². The van der Waals surface area contributed by atoms with E-state index in [0.29, 0.717) is 47.2 Å². The van der Waals surface area contributed by atoms with Gasteiger partial charge >= 0.3 is 0 Å². The minimum absolute atomic E-state index is 0.150. The molecule has 31 heavy (non-hydrogen) atoms. The van der Waals surface area contributed by atoms with Crippen molar-refractivity contribution in [3.63, 3.8) is 0 Å². The van der Waals surface area contributed by atoms with Crippen LogP contribution in [0.15, 0.2) is 50.4 Å². The number of hydrogen-bond donors (Lipinski definition) is 2. The van der Waals surface area contributed by atoms with Crippen molar-refractivity contribution in [1.82, 2.24) is 10.6 Å². The molecule has 9 heteroatoms. The molecule has 4 rings (SSSR count). The molecule has 1 aliphatic rings. The molecule has 0 saturated heterocycles. The Morgan fingerprint density at radius 1 is 1.19 bits per heavy atom. The molecule has 0 spiro atoms. The first-order chi connectivity index (χ1) is 15.0. The summed E-state index contributed by atoms with van der Waals surface area (Å²) in [6.45, 7) is 3.39. The van der Waals surface area contributed by atoms with E-state index in [1.807, 2.05) is 18.2 Å². The van der Waals surface area contributed by atoms with Crippen molar-refractivity contribution in [2.45, 2.75) is 33.1 Å². The van der Waals surface area contributed by atoms with Crippen molar-refractivity contribution in [3.8, 4) is 5.75 Å². The molecule has 0 unspecified atom stereocenters. The highest BCUT2D eigenvalue weighted by Crippen LogP contribution is 2.30. The Kier molecular flexibility index (Phi) is 5.83. The zero-order valence-electron chi connectivity index (χ0n) is 17.2. The third kappa shape index (κ3) is 4.66. The van der Waals surface area contributed by atoms with Crippen LogP contribution in [0, 0.1) is 13.8 Å². The first-order valence-corrected chi connectivity index (χ1v) is 9.92. The van der Waals surface area contributed by atoms with Gasteiger partial charge in [0.1, 0.15) is 17.3 Å². The number of benzene rings is 1. The average molecular weight is 422 g/mol. The molecule has 0 fully saturated rings. The van der Waals surface area contributed by atoms with Gasteiger partial charge in [0.05, 0.1) is 5.71 Å². The van der Waals surface area contributed by atoms with Crippen LogP contribution >= 0.6 is 0 Å². The Morgan fingerprint density at radius 2 is 2.00 bits per heavy atom. The smallest absolute Gasteiger partial charge is 0.292 e. The topological polar surface area (TPSA) is 119 Å². The van der Waals surface area contributed by atoms with Crippen LogP contribution in [0.1, 0.15) is 46.0 Å². The second kappa shape index (κ2) is 8.86. The molecule has 1 aromatic carbocycles. The molecule has 0 aliphatic heterocycles. The van der Waals surface area contributed by atoms with Crippen LogP contribution in [0.5, 0.6) is 5.75 Å². The number of nitrogens with zero attached hydrogens (tertiary/aromatic N) is 2. The second-order valence-electron chi connectivity index (χ2n) is 7.18. The molecule has 2 aromatic heterocycles. The van der Waals surface area contributed by atoms with Crippen LogP contribution < -0.4 is 15.5 Å². The van der Waals surface area contributed by atoms with Gasteiger partial charge in [-0.15, -0.1) is 0 Å². The quantitative estimate of drug-likeness (QED) is 0.588. The van der Waals surface area contributed by atoms with E-state index >= 15 is 0 Å². The summed E-state index contributed by atoms with van der Waals surface area (Å²) in [6, 6.07) is 10.7. The standard InChI is InChI=1S/C22H22N4O5/c1-13-11-18(26-31-13)23-22(28)21-14(2)20-16(9-6-10-17(20)30-21)24-25-19(27)12-29-15-7-4-3-5-8-15/h3-5,7-8,11H,6,9-10,12H2,1-2H3,(H,25,27)(H,23,26,28)/b24-16+. The van der Waals surface area contributed by atoms with E-state index in [1.165, 1.54) is 0 Å². The number of nitrogens with one attached hydrogen (secondary N) is 2. The minimum Gasteiger partial charge on any atom is -0.484 e. The average Bonchev–Trinajstić information content (AvgIpc) is 3.34. The van der Waals surface area contributed by atoms with Crippen LogP contribution in [0.4, 0.5) is 5.82 Å². The van der Waals surface area contributed by atoms with Gasteiger partial charge in [-0.1, -0.05) is 23.4 Å². The molecular formula is C22H22N4O5. The third-order valence-corrected chi connectivity index (χ3v) is 4.83. The van der Waals surface area contributed by atoms with E-state index in [9.17, 15) is 9.59 Å². The molecule has 160 valence electrons. The van der Waals surface area contributed by atoms with Crippen molar-refractivity contribution in [2.24, 2.45) is 5.10 Å². The van der Waals surface area contributed by atoms with Crippen molar-refractivity contribution in [2.75, 3.05) is 11.9 Å². The molecule has 0 saturated carbocycles. The maximum atomic E-state index is 12.6. The van der Waals surface area contributed by atoms with Gasteiger partial charge in [-0.3, -0.25) is 9.59 Å². The van der Waals surface area contributed by atoms with Gasteiger partial charge in [0.15, 0.2) is 18.2 Å². The molecule has 0 radical (unpaired) electrons. The van der Waals surface area contributed by atoms with Crippen molar-refractivity contribution in [3.05, 3.63) is 64.8 Å². The monoisotopic (exact) mass is 422 g/mol. The van der Waals surface area contributed by atoms with E-state index in [-0.39, 0.29) is 18.3 Å². The van der Waals surface area contributed by atoms with Gasteiger partial charge in [-0.25, -0.2) is 5.43 Å². The Hall–Kier alpha value is -3.88. The lowest BCUT2D eigenvalue weighted by atomic mass is 9.93. The molecule has 2 amide bonds. The third-order valence-electron chi connectivity index (χ3n) is 4.83. The number of para-hydroxylation sites is 1. The highest BCUT2D eigenvalue weighted by Gasteiger charge is 2.28. The lowest BCUT2D eigenvalue weighted by molar-refractivity contribution is -0.123. The van der Waals surface area contributed by atoms with Gasteiger partial charge in [-0.2, -0.15) is 5.10 Å². The minimum atomic E-state index is -0.417. The van der Waals surface area contributed by atoms with Crippen LogP contribution in [-0.4, -0.2) is 29.3 Å². The molecule has 9 nitrogen and oxygen atoms in total. The summed E-state index contributed by atoms with van der Waals surface area (Å²) in [7, 11) is 0. The van der Waals surface area contributed by atoms with E-state index in [4.69, 9.17) is 13.7 Å². The first-order valence-electron chi connectivity index (χ1n) is 9.92. The van der Waals surface area contributed by atoms with E-state index in [0.717, 1.165) is 12.0 Å². The Bertz CT molecular complexity index is 1130. The van der Waals surface area contributed by atoms with Gasteiger partial charge in [0, 0.05) is 23.6 Å². The number of hydrazone groups is 1. The van der Waals surface area contributed by atoms with Crippen molar-refractivity contribution >= 4 is 23.3 Å². The summed E-state index contributed by atoms with van der Waals surface area (Å²) >= 11 is 0. The molecule has 0 atom stereocenters. The predicted molar refractivity (Wildman–Crippen MR) is 112 cm³/mol. The number of hydrogen-bond acceptors (Lipinski definition) is 7. The fourth-order valence-corrected chi connectivity index (χ4v) is 3.42. The summed E-state index contributed by atoms with van der Waals surface area (Å²) in [5.41, 5.74) is 4.63. The van der Waals surface area contributed by atoms with E-state index in [2.05, 4.69) is 21.0 Å². The van der Waals surface area contributed by atoms with Crippen LogP contribution in [0.2, 0.25) is 0 Å². The van der Waals surface area contributed by atoms with Gasteiger partial charge in [-0.05, 0) is 38.8 Å². The summed E-state index contributed by atoms with van der Waals surface area (Å²) in [5, 5.41) is 10.7.